The van der Waals surface area contributed by atoms with E-state index in [-0.39, 0.29) is 0 Å². The van der Waals surface area contributed by atoms with Crippen LogP contribution in [0.5, 0.6) is 11.5 Å². The first-order valence-electron chi connectivity index (χ1n) is 5.35. The second kappa shape index (κ2) is 6.16. The van der Waals surface area contributed by atoms with E-state index >= 15 is 0 Å². The maximum absolute atomic E-state index is 10.4. The molecule has 88 valence electrons. The minimum atomic E-state index is 0.333. The monoisotopic (exact) mass is 222 g/mol. The van der Waals surface area contributed by atoms with Crippen molar-refractivity contribution in [2.75, 3.05) is 14.2 Å². The number of hydrogen-bond acceptors (Lipinski definition) is 3. The van der Waals surface area contributed by atoms with Crippen molar-refractivity contribution in [3.63, 3.8) is 0 Å². The van der Waals surface area contributed by atoms with Gasteiger partial charge >= 0.3 is 0 Å². The minimum Gasteiger partial charge on any atom is -0.497 e. The zero-order chi connectivity index (χ0) is 12.0. The standard InChI is InChI=1S/C13H18O3/c1-10(6-7-14)8-11-4-5-12(15-2)9-13(11)16-3/h4-5,7,9-10H,6,8H2,1-3H3. The SMILES string of the molecule is COc1ccc(CC(C)CC=O)c(OC)c1. The van der Waals surface area contributed by atoms with E-state index in [9.17, 15) is 4.79 Å². The van der Waals surface area contributed by atoms with Gasteiger partial charge in [-0.05, 0) is 24.0 Å². The number of carbonyl (C=O) groups is 1. The van der Waals surface area contributed by atoms with Crippen molar-refractivity contribution in [2.45, 2.75) is 19.8 Å². The fourth-order valence-electron chi connectivity index (χ4n) is 1.64. The van der Waals surface area contributed by atoms with Gasteiger partial charge in [0.1, 0.15) is 17.8 Å². The smallest absolute Gasteiger partial charge is 0.125 e. The Balaban J connectivity index is 2.82. The molecule has 0 aliphatic rings. The molecule has 0 heterocycles. The lowest BCUT2D eigenvalue weighted by Gasteiger charge is -2.13. The van der Waals surface area contributed by atoms with Gasteiger partial charge in [-0.3, -0.25) is 0 Å². The number of hydrogen-bond donors (Lipinski definition) is 0. The summed E-state index contributed by atoms with van der Waals surface area (Å²) in [4.78, 5) is 10.4. The van der Waals surface area contributed by atoms with Gasteiger partial charge in [0.25, 0.3) is 0 Å². The van der Waals surface area contributed by atoms with Crippen LogP contribution in [0.1, 0.15) is 18.9 Å². The molecule has 0 fully saturated rings. The molecule has 0 aliphatic heterocycles. The van der Waals surface area contributed by atoms with Crippen molar-refractivity contribution >= 4 is 6.29 Å². The number of carbonyl (C=O) groups excluding carboxylic acids is 1. The first-order chi connectivity index (χ1) is 7.71. The number of aldehydes is 1. The summed E-state index contributed by atoms with van der Waals surface area (Å²) in [6.07, 6.45) is 2.38. The Morgan fingerprint density at radius 1 is 1.31 bits per heavy atom. The van der Waals surface area contributed by atoms with Crippen molar-refractivity contribution in [1.29, 1.82) is 0 Å². The first-order valence-corrected chi connectivity index (χ1v) is 5.35. The third kappa shape index (κ3) is 3.26. The van der Waals surface area contributed by atoms with Gasteiger partial charge in [0.2, 0.25) is 0 Å². The average Bonchev–Trinajstić information content (AvgIpc) is 2.30. The Kier molecular flexibility index (Phi) is 4.83. The summed E-state index contributed by atoms with van der Waals surface area (Å²) in [6, 6.07) is 5.76. The zero-order valence-electron chi connectivity index (χ0n) is 10.0. The number of methoxy groups -OCH3 is 2. The minimum absolute atomic E-state index is 0.333. The highest BCUT2D eigenvalue weighted by atomic mass is 16.5. The molecule has 0 bridgehead atoms. The molecule has 1 aromatic rings. The highest BCUT2D eigenvalue weighted by molar-refractivity contribution is 5.50. The maximum atomic E-state index is 10.4. The van der Waals surface area contributed by atoms with Gasteiger partial charge in [-0.2, -0.15) is 0 Å². The van der Waals surface area contributed by atoms with Crippen LogP contribution < -0.4 is 9.47 Å². The Hall–Kier alpha value is -1.51. The van der Waals surface area contributed by atoms with E-state index in [1.807, 2.05) is 18.2 Å². The molecule has 1 aromatic carbocycles. The van der Waals surface area contributed by atoms with Crippen LogP contribution in [0.2, 0.25) is 0 Å². The van der Waals surface area contributed by atoms with Crippen molar-refractivity contribution in [2.24, 2.45) is 5.92 Å². The highest BCUT2D eigenvalue weighted by Crippen LogP contribution is 2.27. The Labute approximate surface area is 96.4 Å². The molecule has 0 aromatic heterocycles. The molecule has 0 saturated carbocycles. The fourth-order valence-corrected chi connectivity index (χ4v) is 1.64. The second-order valence-electron chi connectivity index (χ2n) is 3.89. The lowest BCUT2D eigenvalue weighted by molar-refractivity contribution is -0.108. The zero-order valence-corrected chi connectivity index (χ0v) is 10.0. The number of benzene rings is 1. The van der Waals surface area contributed by atoms with Gasteiger partial charge in [-0.1, -0.05) is 13.0 Å². The van der Waals surface area contributed by atoms with E-state index in [4.69, 9.17) is 9.47 Å². The van der Waals surface area contributed by atoms with Crippen LogP contribution in [0.4, 0.5) is 0 Å². The molecule has 1 rings (SSSR count). The van der Waals surface area contributed by atoms with Crippen LogP contribution in [-0.2, 0) is 11.2 Å². The Bertz CT molecular complexity index is 347. The predicted molar refractivity (Wildman–Crippen MR) is 63.1 cm³/mol. The molecule has 1 unspecified atom stereocenters. The van der Waals surface area contributed by atoms with Crippen LogP contribution in [0.15, 0.2) is 18.2 Å². The van der Waals surface area contributed by atoms with E-state index in [1.54, 1.807) is 14.2 Å². The molecule has 0 aliphatic carbocycles. The molecule has 16 heavy (non-hydrogen) atoms. The van der Waals surface area contributed by atoms with Crippen LogP contribution >= 0.6 is 0 Å². The van der Waals surface area contributed by atoms with Crippen LogP contribution in [0.25, 0.3) is 0 Å². The molecule has 0 saturated heterocycles. The highest BCUT2D eigenvalue weighted by Gasteiger charge is 2.09. The van der Waals surface area contributed by atoms with Crippen LogP contribution in [0, 0.1) is 5.92 Å². The quantitative estimate of drug-likeness (QED) is 0.694. The summed E-state index contributed by atoms with van der Waals surface area (Å²) >= 11 is 0. The van der Waals surface area contributed by atoms with Crippen molar-refractivity contribution in [3.05, 3.63) is 23.8 Å². The molecule has 0 amide bonds. The Morgan fingerprint density at radius 3 is 2.62 bits per heavy atom. The summed E-state index contributed by atoms with van der Waals surface area (Å²) in [5, 5.41) is 0. The Morgan fingerprint density at radius 2 is 2.06 bits per heavy atom. The van der Waals surface area contributed by atoms with Crippen molar-refractivity contribution in [3.8, 4) is 11.5 Å². The van der Waals surface area contributed by atoms with Gasteiger partial charge < -0.3 is 14.3 Å². The van der Waals surface area contributed by atoms with Crippen LogP contribution in [-0.4, -0.2) is 20.5 Å². The van der Waals surface area contributed by atoms with E-state index in [0.29, 0.717) is 12.3 Å². The van der Waals surface area contributed by atoms with Crippen molar-refractivity contribution < 1.29 is 14.3 Å². The lowest BCUT2D eigenvalue weighted by atomic mass is 9.98. The molecular formula is C13H18O3. The van der Waals surface area contributed by atoms with Crippen molar-refractivity contribution in [1.82, 2.24) is 0 Å². The van der Waals surface area contributed by atoms with Gasteiger partial charge in [-0.15, -0.1) is 0 Å². The number of ether oxygens (including phenoxy) is 2. The molecular weight excluding hydrogens is 204 g/mol. The third-order valence-corrected chi connectivity index (χ3v) is 2.56. The summed E-state index contributed by atoms with van der Waals surface area (Å²) in [5.41, 5.74) is 1.11. The lowest BCUT2D eigenvalue weighted by Crippen LogP contribution is -2.02. The molecule has 0 N–H and O–H groups in total. The average molecular weight is 222 g/mol. The number of rotatable bonds is 6. The van der Waals surface area contributed by atoms with E-state index in [0.717, 1.165) is 29.8 Å². The van der Waals surface area contributed by atoms with Gasteiger partial charge in [-0.25, -0.2) is 0 Å². The summed E-state index contributed by atoms with van der Waals surface area (Å²) < 4.78 is 10.4. The second-order valence-corrected chi connectivity index (χ2v) is 3.89. The molecule has 1 atom stereocenters. The van der Waals surface area contributed by atoms with E-state index in [2.05, 4.69) is 6.92 Å². The largest absolute Gasteiger partial charge is 0.497 e. The van der Waals surface area contributed by atoms with E-state index < -0.39 is 0 Å². The maximum Gasteiger partial charge on any atom is 0.125 e. The summed E-state index contributed by atoms with van der Waals surface area (Å²) in [7, 11) is 3.27. The van der Waals surface area contributed by atoms with Gasteiger partial charge in [0.15, 0.2) is 0 Å². The fraction of sp³-hybridized carbons (Fsp3) is 0.462. The third-order valence-electron chi connectivity index (χ3n) is 2.56. The molecule has 0 radical (unpaired) electrons. The summed E-state index contributed by atoms with van der Waals surface area (Å²) in [6.45, 7) is 2.05. The molecule has 3 heteroatoms. The molecule has 0 spiro atoms. The van der Waals surface area contributed by atoms with Gasteiger partial charge in [0.05, 0.1) is 14.2 Å². The normalized spacial score (nSPS) is 11.9. The van der Waals surface area contributed by atoms with E-state index in [1.165, 1.54) is 0 Å². The van der Waals surface area contributed by atoms with Crippen LogP contribution in [0.3, 0.4) is 0 Å². The first kappa shape index (κ1) is 12.6. The topological polar surface area (TPSA) is 35.5 Å². The summed E-state index contributed by atoms with van der Waals surface area (Å²) in [5.74, 6) is 1.93. The predicted octanol–water partition coefficient (Wildman–Crippen LogP) is 2.47. The van der Waals surface area contributed by atoms with Gasteiger partial charge in [0, 0.05) is 12.5 Å². The molecule has 3 nitrogen and oxygen atoms in total.